The van der Waals surface area contributed by atoms with Gasteiger partial charge in [-0.3, -0.25) is 4.79 Å². The lowest BCUT2D eigenvalue weighted by atomic mass is 10.0. The van der Waals surface area contributed by atoms with Crippen LogP contribution >= 0.6 is 0 Å². The van der Waals surface area contributed by atoms with E-state index in [9.17, 15) is 9.59 Å². The molecule has 7 heteroatoms. The van der Waals surface area contributed by atoms with Crippen molar-refractivity contribution >= 4 is 12.0 Å². The molecule has 110 valence electrons. The zero-order chi connectivity index (χ0) is 14.3. The molecule has 1 saturated heterocycles. The number of hydrogen-bond donors (Lipinski definition) is 2. The van der Waals surface area contributed by atoms with Gasteiger partial charge in [0, 0.05) is 26.8 Å². The number of methoxy groups -OCH3 is 1. The lowest BCUT2D eigenvalue weighted by molar-refractivity contribution is -0.142. The fraction of sp³-hybridized carbons (Fsp3) is 0.833. The first-order chi connectivity index (χ1) is 9.11. The van der Waals surface area contributed by atoms with Crippen LogP contribution in [0.15, 0.2) is 0 Å². The Hall–Kier alpha value is -1.34. The van der Waals surface area contributed by atoms with Gasteiger partial charge >= 0.3 is 12.0 Å². The molecule has 0 spiro atoms. The molecule has 2 N–H and O–H groups in total. The van der Waals surface area contributed by atoms with E-state index < -0.39 is 17.9 Å². The molecule has 0 bridgehead atoms. The zero-order valence-electron chi connectivity index (χ0n) is 11.4. The third-order valence-electron chi connectivity index (χ3n) is 3.17. The van der Waals surface area contributed by atoms with Gasteiger partial charge in [0.15, 0.2) is 0 Å². The smallest absolute Gasteiger partial charge is 0.317 e. The Labute approximate surface area is 112 Å². The van der Waals surface area contributed by atoms with Crippen molar-refractivity contribution in [3.8, 4) is 0 Å². The van der Waals surface area contributed by atoms with Crippen LogP contribution in [0.25, 0.3) is 0 Å². The average Bonchev–Trinajstić information content (AvgIpc) is 2.85. The third-order valence-corrected chi connectivity index (χ3v) is 3.17. The highest BCUT2D eigenvalue weighted by atomic mass is 16.5. The number of urea groups is 1. The van der Waals surface area contributed by atoms with Gasteiger partial charge in [-0.2, -0.15) is 0 Å². The highest BCUT2D eigenvalue weighted by Crippen LogP contribution is 2.20. The number of likely N-dealkylation sites (N-methyl/N-ethyl adjacent to an activating group) is 1. The van der Waals surface area contributed by atoms with E-state index in [-0.39, 0.29) is 19.2 Å². The second kappa shape index (κ2) is 7.96. The van der Waals surface area contributed by atoms with Crippen LogP contribution < -0.4 is 5.32 Å². The van der Waals surface area contributed by atoms with Gasteiger partial charge in [-0.25, -0.2) is 4.79 Å². The molecule has 2 amide bonds. The van der Waals surface area contributed by atoms with Gasteiger partial charge < -0.3 is 24.8 Å². The summed E-state index contributed by atoms with van der Waals surface area (Å²) in [4.78, 5) is 24.6. The number of amides is 2. The third kappa shape index (κ3) is 4.36. The summed E-state index contributed by atoms with van der Waals surface area (Å²) in [6.07, 6.45) is 0.726. The number of carboxylic acid groups (broad SMARTS) is 1. The Morgan fingerprint density at radius 1 is 1.47 bits per heavy atom. The highest BCUT2D eigenvalue weighted by Gasteiger charge is 2.39. The van der Waals surface area contributed by atoms with Crippen LogP contribution in [-0.4, -0.2) is 68.1 Å². The Balaban J connectivity index is 2.51. The summed E-state index contributed by atoms with van der Waals surface area (Å²) in [5.74, 6) is -1.57. The number of nitrogens with one attached hydrogen (secondary N) is 1. The zero-order valence-corrected chi connectivity index (χ0v) is 11.4. The first-order valence-electron chi connectivity index (χ1n) is 6.45. The van der Waals surface area contributed by atoms with Gasteiger partial charge in [-0.1, -0.05) is 0 Å². The van der Waals surface area contributed by atoms with Crippen molar-refractivity contribution in [2.45, 2.75) is 19.4 Å². The number of carboxylic acids is 1. The van der Waals surface area contributed by atoms with Crippen molar-refractivity contribution in [3.05, 3.63) is 0 Å². The molecular formula is C12H22N2O5. The van der Waals surface area contributed by atoms with Crippen molar-refractivity contribution in [2.24, 2.45) is 5.92 Å². The van der Waals surface area contributed by atoms with Crippen LogP contribution in [0.2, 0.25) is 0 Å². The summed E-state index contributed by atoms with van der Waals surface area (Å²) in [5, 5.41) is 11.9. The first kappa shape index (κ1) is 15.7. The number of carbonyl (C=O) groups is 2. The monoisotopic (exact) mass is 274 g/mol. The molecule has 1 rings (SSSR count). The second-order valence-corrected chi connectivity index (χ2v) is 4.41. The summed E-state index contributed by atoms with van der Waals surface area (Å²) in [6, 6.07) is -0.648. The predicted molar refractivity (Wildman–Crippen MR) is 68.0 cm³/mol. The molecule has 0 saturated carbocycles. The molecule has 7 nitrogen and oxygen atoms in total. The predicted octanol–water partition coefficient (Wildman–Crippen LogP) is 0.154. The van der Waals surface area contributed by atoms with E-state index in [0.717, 1.165) is 6.42 Å². The van der Waals surface area contributed by atoms with Gasteiger partial charge in [0.25, 0.3) is 0 Å². The quantitative estimate of drug-likeness (QED) is 0.645. The molecule has 2 unspecified atom stereocenters. The number of ether oxygens (including phenoxy) is 2. The van der Waals surface area contributed by atoms with Crippen molar-refractivity contribution in [1.82, 2.24) is 10.2 Å². The number of rotatable bonds is 7. The van der Waals surface area contributed by atoms with E-state index in [0.29, 0.717) is 19.7 Å². The van der Waals surface area contributed by atoms with Crippen LogP contribution in [0.4, 0.5) is 4.79 Å². The summed E-state index contributed by atoms with van der Waals surface area (Å²) in [5.41, 5.74) is 0. The first-order valence-corrected chi connectivity index (χ1v) is 6.45. The topological polar surface area (TPSA) is 88.1 Å². The fourth-order valence-corrected chi connectivity index (χ4v) is 2.13. The molecule has 0 aromatic carbocycles. The van der Waals surface area contributed by atoms with Gasteiger partial charge in [0.1, 0.15) is 5.92 Å². The maximum atomic E-state index is 12.0. The van der Waals surface area contributed by atoms with E-state index in [1.165, 1.54) is 4.90 Å². The van der Waals surface area contributed by atoms with Crippen LogP contribution in [0, 0.1) is 5.92 Å². The molecule has 0 aromatic heterocycles. The van der Waals surface area contributed by atoms with Gasteiger partial charge in [0.05, 0.1) is 19.3 Å². The fourth-order valence-electron chi connectivity index (χ4n) is 2.13. The molecule has 1 aliphatic heterocycles. The SMILES string of the molecule is CCN(C(=O)NCCCOC)C1COCC1C(=O)O. The minimum Gasteiger partial charge on any atom is -0.481 e. The molecule has 19 heavy (non-hydrogen) atoms. The maximum Gasteiger partial charge on any atom is 0.317 e. The van der Waals surface area contributed by atoms with E-state index in [2.05, 4.69) is 5.32 Å². The lowest BCUT2D eigenvalue weighted by Gasteiger charge is -2.29. The Morgan fingerprint density at radius 3 is 2.79 bits per heavy atom. The molecule has 0 aliphatic carbocycles. The molecular weight excluding hydrogens is 252 g/mol. The van der Waals surface area contributed by atoms with E-state index in [1.807, 2.05) is 6.92 Å². The van der Waals surface area contributed by atoms with Crippen molar-refractivity contribution in [1.29, 1.82) is 0 Å². The Bertz CT molecular complexity index is 310. The number of hydrogen-bond acceptors (Lipinski definition) is 4. The number of nitrogens with zero attached hydrogens (tertiary/aromatic N) is 1. The van der Waals surface area contributed by atoms with Crippen LogP contribution in [0.1, 0.15) is 13.3 Å². The van der Waals surface area contributed by atoms with Gasteiger partial charge in [0.2, 0.25) is 0 Å². The van der Waals surface area contributed by atoms with Crippen molar-refractivity contribution < 1.29 is 24.2 Å². The Morgan fingerprint density at radius 2 is 2.21 bits per heavy atom. The summed E-state index contributed by atoms with van der Waals surface area (Å²) in [7, 11) is 1.60. The van der Waals surface area contributed by atoms with Crippen molar-refractivity contribution in [2.75, 3.05) is 40.0 Å². The molecule has 1 aliphatic rings. The van der Waals surface area contributed by atoms with E-state index in [4.69, 9.17) is 14.6 Å². The van der Waals surface area contributed by atoms with E-state index >= 15 is 0 Å². The average molecular weight is 274 g/mol. The van der Waals surface area contributed by atoms with Gasteiger partial charge in [-0.15, -0.1) is 0 Å². The lowest BCUT2D eigenvalue weighted by Crippen LogP contribution is -2.50. The summed E-state index contributed by atoms with van der Waals surface area (Å²) >= 11 is 0. The molecule has 2 atom stereocenters. The standard InChI is InChI=1S/C12H22N2O5/c1-3-14(12(17)13-5-4-6-18-2)10-8-19-7-9(10)11(15)16/h9-10H,3-8H2,1-2H3,(H,13,17)(H,15,16). The minimum atomic E-state index is -0.923. The summed E-state index contributed by atoms with van der Waals surface area (Å²) in [6.45, 7) is 3.80. The normalized spacial score (nSPS) is 22.2. The minimum absolute atomic E-state index is 0.160. The second-order valence-electron chi connectivity index (χ2n) is 4.41. The summed E-state index contributed by atoms with van der Waals surface area (Å²) < 4.78 is 10.1. The van der Waals surface area contributed by atoms with Crippen LogP contribution in [-0.2, 0) is 14.3 Å². The number of aliphatic carboxylic acids is 1. The largest absolute Gasteiger partial charge is 0.481 e. The Kier molecular flexibility index (Phi) is 6.58. The van der Waals surface area contributed by atoms with E-state index in [1.54, 1.807) is 7.11 Å². The molecule has 1 heterocycles. The van der Waals surface area contributed by atoms with Gasteiger partial charge in [-0.05, 0) is 13.3 Å². The van der Waals surface area contributed by atoms with Crippen molar-refractivity contribution in [3.63, 3.8) is 0 Å². The highest BCUT2D eigenvalue weighted by molar-refractivity contribution is 5.77. The molecule has 0 aromatic rings. The number of carbonyl (C=O) groups excluding carboxylic acids is 1. The molecule has 0 radical (unpaired) electrons. The molecule has 1 fully saturated rings. The van der Waals surface area contributed by atoms with Crippen LogP contribution in [0.5, 0.6) is 0 Å². The maximum absolute atomic E-state index is 12.0. The van der Waals surface area contributed by atoms with Crippen LogP contribution in [0.3, 0.4) is 0 Å².